The Hall–Kier alpha value is -4.13. The Morgan fingerprint density at radius 3 is 2.37 bits per heavy atom. The SMILES string of the molecule is COc1ccc(NC(=O)c2ccc(Cn3c(=O)[nH]c4ccccc4c3=O)cc2)cc1. The van der Waals surface area contributed by atoms with Crippen LogP contribution in [0.3, 0.4) is 0 Å². The first-order valence-electron chi connectivity index (χ1n) is 9.31. The molecule has 0 aliphatic rings. The first-order chi connectivity index (χ1) is 14.5. The van der Waals surface area contributed by atoms with Crippen LogP contribution in [0.4, 0.5) is 5.69 Å². The molecule has 0 saturated carbocycles. The van der Waals surface area contributed by atoms with Crippen molar-refractivity contribution in [2.45, 2.75) is 6.54 Å². The van der Waals surface area contributed by atoms with Gasteiger partial charge in [-0.1, -0.05) is 24.3 Å². The average molecular weight is 401 g/mol. The minimum Gasteiger partial charge on any atom is -0.497 e. The summed E-state index contributed by atoms with van der Waals surface area (Å²) in [6.45, 7) is 0.110. The lowest BCUT2D eigenvalue weighted by atomic mass is 10.1. The van der Waals surface area contributed by atoms with E-state index in [4.69, 9.17) is 4.74 Å². The number of hydrogen-bond acceptors (Lipinski definition) is 4. The van der Waals surface area contributed by atoms with Crippen molar-refractivity contribution >= 4 is 22.5 Å². The first kappa shape index (κ1) is 19.2. The second-order valence-electron chi connectivity index (χ2n) is 6.75. The summed E-state index contributed by atoms with van der Waals surface area (Å²) in [6.07, 6.45) is 0. The summed E-state index contributed by atoms with van der Waals surface area (Å²) in [4.78, 5) is 40.1. The summed E-state index contributed by atoms with van der Waals surface area (Å²) >= 11 is 0. The summed E-state index contributed by atoms with van der Waals surface area (Å²) in [6, 6.07) is 20.7. The van der Waals surface area contributed by atoms with E-state index in [9.17, 15) is 14.4 Å². The van der Waals surface area contributed by atoms with E-state index in [0.717, 1.165) is 10.1 Å². The Morgan fingerprint density at radius 1 is 0.967 bits per heavy atom. The molecule has 2 N–H and O–H groups in total. The van der Waals surface area contributed by atoms with Crippen LogP contribution in [0.2, 0.25) is 0 Å². The molecule has 30 heavy (non-hydrogen) atoms. The van der Waals surface area contributed by atoms with Gasteiger partial charge in [0.25, 0.3) is 11.5 Å². The molecule has 4 aromatic rings. The minimum atomic E-state index is -0.472. The average Bonchev–Trinajstić information content (AvgIpc) is 2.77. The van der Waals surface area contributed by atoms with Crippen LogP contribution in [0.15, 0.2) is 82.4 Å². The van der Waals surface area contributed by atoms with Gasteiger partial charge < -0.3 is 15.0 Å². The molecule has 0 aliphatic heterocycles. The molecule has 3 aromatic carbocycles. The highest BCUT2D eigenvalue weighted by Gasteiger charge is 2.10. The third-order valence-corrected chi connectivity index (χ3v) is 4.79. The van der Waals surface area contributed by atoms with Crippen LogP contribution in [0.25, 0.3) is 10.9 Å². The third-order valence-electron chi connectivity index (χ3n) is 4.79. The Labute approximate surface area is 171 Å². The lowest BCUT2D eigenvalue weighted by Gasteiger charge is -2.09. The number of para-hydroxylation sites is 1. The predicted octanol–water partition coefficient (Wildman–Crippen LogP) is 3.00. The van der Waals surface area contributed by atoms with E-state index in [1.54, 1.807) is 79.9 Å². The first-order valence-corrected chi connectivity index (χ1v) is 9.31. The van der Waals surface area contributed by atoms with Crippen LogP contribution in [0.5, 0.6) is 5.75 Å². The topological polar surface area (TPSA) is 93.2 Å². The van der Waals surface area contributed by atoms with E-state index in [2.05, 4.69) is 10.3 Å². The summed E-state index contributed by atoms with van der Waals surface area (Å²) in [5, 5.41) is 3.26. The van der Waals surface area contributed by atoms with Crippen LogP contribution in [-0.2, 0) is 6.54 Å². The Balaban J connectivity index is 1.52. The minimum absolute atomic E-state index is 0.110. The molecule has 0 spiro atoms. The number of methoxy groups -OCH3 is 1. The van der Waals surface area contributed by atoms with Crippen LogP contribution in [0.1, 0.15) is 15.9 Å². The van der Waals surface area contributed by atoms with Gasteiger partial charge in [-0.25, -0.2) is 4.79 Å². The number of fused-ring (bicyclic) bond motifs is 1. The van der Waals surface area contributed by atoms with E-state index in [1.807, 2.05) is 0 Å². The number of anilines is 1. The molecule has 1 amide bonds. The normalized spacial score (nSPS) is 10.7. The number of hydrogen-bond donors (Lipinski definition) is 2. The third kappa shape index (κ3) is 3.86. The van der Waals surface area contributed by atoms with Crippen LogP contribution < -0.4 is 21.3 Å². The summed E-state index contributed by atoms with van der Waals surface area (Å²) in [5.41, 5.74) is 1.54. The number of nitrogens with zero attached hydrogens (tertiary/aromatic N) is 1. The fourth-order valence-electron chi connectivity index (χ4n) is 3.16. The lowest BCUT2D eigenvalue weighted by Crippen LogP contribution is -2.35. The Kier molecular flexibility index (Phi) is 5.17. The summed E-state index contributed by atoms with van der Waals surface area (Å²) < 4.78 is 6.25. The maximum atomic E-state index is 12.6. The number of H-pyrrole nitrogens is 1. The molecule has 0 aliphatic carbocycles. The zero-order valence-corrected chi connectivity index (χ0v) is 16.2. The fourth-order valence-corrected chi connectivity index (χ4v) is 3.16. The second kappa shape index (κ2) is 8.08. The van der Waals surface area contributed by atoms with Crippen molar-refractivity contribution in [2.24, 2.45) is 0 Å². The van der Waals surface area contributed by atoms with Crippen LogP contribution in [0, 0.1) is 0 Å². The zero-order chi connectivity index (χ0) is 21.1. The summed E-state index contributed by atoms with van der Waals surface area (Å²) in [7, 11) is 1.58. The Bertz CT molecular complexity index is 1320. The van der Waals surface area contributed by atoms with Crippen LogP contribution >= 0.6 is 0 Å². The predicted molar refractivity (Wildman–Crippen MR) is 115 cm³/mol. The molecular formula is C23H19N3O4. The van der Waals surface area contributed by atoms with Gasteiger partial charge in [-0.15, -0.1) is 0 Å². The van der Waals surface area contributed by atoms with Crippen molar-refractivity contribution in [1.29, 1.82) is 0 Å². The fraction of sp³-hybridized carbons (Fsp3) is 0.0870. The van der Waals surface area contributed by atoms with Gasteiger partial charge >= 0.3 is 5.69 Å². The highest BCUT2D eigenvalue weighted by atomic mass is 16.5. The molecule has 150 valence electrons. The molecule has 4 rings (SSSR count). The van der Waals surface area contributed by atoms with Crippen molar-refractivity contribution < 1.29 is 9.53 Å². The zero-order valence-electron chi connectivity index (χ0n) is 16.2. The molecule has 0 bridgehead atoms. The van der Waals surface area contributed by atoms with Gasteiger partial charge in [0.15, 0.2) is 0 Å². The number of aromatic nitrogens is 2. The van der Waals surface area contributed by atoms with Crippen LogP contribution in [-0.4, -0.2) is 22.6 Å². The van der Waals surface area contributed by atoms with Gasteiger partial charge in [-0.2, -0.15) is 0 Å². The lowest BCUT2D eigenvalue weighted by molar-refractivity contribution is 0.102. The summed E-state index contributed by atoms with van der Waals surface area (Å²) in [5.74, 6) is 0.448. The Morgan fingerprint density at radius 2 is 1.67 bits per heavy atom. The molecule has 0 saturated heterocycles. The van der Waals surface area contributed by atoms with Gasteiger partial charge in [-0.05, 0) is 54.1 Å². The van der Waals surface area contributed by atoms with Crippen molar-refractivity contribution in [3.05, 3.63) is 105 Å². The molecule has 0 atom stereocenters. The monoisotopic (exact) mass is 401 g/mol. The van der Waals surface area contributed by atoms with E-state index in [0.29, 0.717) is 27.9 Å². The van der Waals surface area contributed by atoms with Crippen molar-refractivity contribution in [3.63, 3.8) is 0 Å². The maximum absolute atomic E-state index is 12.6. The van der Waals surface area contributed by atoms with Gasteiger partial charge in [0.1, 0.15) is 5.75 Å². The molecule has 0 radical (unpaired) electrons. The smallest absolute Gasteiger partial charge is 0.329 e. The second-order valence-corrected chi connectivity index (χ2v) is 6.75. The number of ether oxygens (including phenoxy) is 1. The number of amides is 1. The molecular weight excluding hydrogens is 382 g/mol. The van der Waals surface area contributed by atoms with Gasteiger partial charge in [-0.3, -0.25) is 14.2 Å². The highest BCUT2D eigenvalue weighted by molar-refractivity contribution is 6.04. The number of nitrogens with one attached hydrogen (secondary N) is 2. The number of benzene rings is 3. The van der Waals surface area contributed by atoms with E-state index in [-0.39, 0.29) is 18.0 Å². The van der Waals surface area contributed by atoms with Crippen molar-refractivity contribution in [2.75, 3.05) is 12.4 Å². The number of carbonyl (C=O) groups excluding carboxylic acids is 1. The molecule has 7 heteroatoms. The molecule has 1 aromatic heterocycles. The van der Waals surface area contributed by atoms with Gasteiger partial charge in [0.05, 0.1) is 24.6 Å². The van der Waals surface area contributed by atoms with Crippen molar-refractivity contribution in [3.8, 4) is 5.75 Å². The van der Waals surface area contributed by atoms with Gasteiger partial charge in [0, 0.05) is 11.3 Å². The molecule has 7 nitrogen and oxygen atoms in total. The number of rotatable bonds is 5. The number of aromatic amines is 1. The molecule has 0 fully saturated rings. The van der Waals surface area contributed by atoms with E-state index < -0.39 is 5.69 Å². The molecule has 0 unspecified atom stereocenters. The number of carbonyl (C=O) groups is 1. The largest absolute Gasteiger partial charge is 0.497 e. The van der Waals surface area contributed by atoms with E-state index >= 15 is 0 Å². The quantitative estimate of drug-likeness (QED) is 0.538. The molecule has 1 heterocycles. The maximum Gasteiger partial charge on any atom is 0.329 e. The highest BCUT2D eigenvalue weighted by Crippen LogP contribution is 2.16. The van der Waals surface area contributed by atoms with Crippen molar-refractivity contribution in [1.82, 2.24) is 9.55 Å². The standard InChI is InChI=1S/C23H19N3O4/c1-30-18-12-10-17(11-13-18)24-21(27)16-8-6-15(7-9-16)14-26-22(28)19-4-2-3-5-20(19)25-23(26)29/h2-13H,14H2,1H3,(H,24,27)(H,25,29). The van der Waals surface area contributed by atoms with Gasteiger partial charge in [0.2, 0.25) is 0 Å². The van der Waals surface area contributed by atoms with E-state index in [1.165, 1.54) is 0 Å².